The van der Waals surface area contributed by atoms with Crippen molar-refractivity contribution in [2.45, 2.75) is 25.4 Å². The first-order valence-electron chi connectivity index (χ1n) is 7.45. The van der Waals surface area contributed by atoms with Gasteiger partial charge in [-0.1, -0.05) is 0 Å². The van der Waals surface area contributed by atoms with Gasteiger partial charge in [0.05, 0.1) is 11.1 Å². The van der Waals surface area contributed by atoms with Gasteiger partial charge in [0.25, 0.3) is 0 Å². The average molecular weight is 286 g/mol. The maximum Gasteiger partial charge on any atom is 0.0945 e. The molecule has 0 bridgehead atoms. The van der Waals surface area contributed by atoms with E-state index in [1.807, 2.05) is 26.2 Å². The Morgan fingerprint density at radius 3 is 3.14 bits per heavy atom. The van der Waals surface area contributed by atoms with E-state index in [1.165, 1.54) is 0 Å². The second-order valence-electron chi connectivity index (χ2n) is 5.96. The number of aliphatic hydroxyl groups is 1. The van der Waals surface area contributed by atoms with Gasteiger partial charge in [-0.05, 0) is 38.9 Å². The number of piperidine rings is 1. The van der Waals surface area contributed by atoms with Crippen molar-refractivity contribution in [3.05, 3.63) is 30.2 Å². The molecule has 0 radical (unpaired) electrons. The Balaban J connectivity index is 2.00. The van der Waals surface area contributed by atoms with E-state index in [1.54, 1.807) is 6.20 Å². The first-order valence-corrected chi connectivity index (χ1v) is 7.45. The van der Waals surface area contributed by atoms with Crippen LogP contribution in [0.3, 0.4) is 0 Å². The van der Waals surface area contributed by atoms with Crippen LogP contribution in [-0.4, -0.2) is 47.4 Å². The predicted molar refractivity (Wildman–Crippen MR) is 84.6 cm³/mol. The van der Waals surface area contributed by atoms with E-state index in [0.717, 1.165) is 41.7 Å². The van der Waals surface area contributed by atoms with Gasteiger partial charge in [-0.2, -0.15) is 0 Å². The molecule has 1 saturated heterocycles. The third-order valence-corrected chi connectivity index (χ3v) is 4.12. The Bertz CT molecular complexity index is 641. The zero-order chi connectivity index (χ0) is 14.9. The van der Waals surface area contributed by atoms with Crippen molar-refractivity contribution in [3.8, 4) is 0 Å². The fourth-order valence-electron chi connectivity index (χ4n) is 3.23. The lowest BCUT2D eigenvalue weighted by molar-refractivity contribution is 0.0282. The first kappa shape index (κ1) is 14.2. The minimum atomic E-state index is -0.668. The fourth-order valence-corrected chi connectivity index (χ4v) is 3.23. The molecule has 1 fully saturated rings. The molecule has 3 rings (SSSR count). The summed E-state index contributed by atoms with van der Waals surface area (Å²) in [6, 6.07) is 4.03. The highest BCUT2D eigenvalue weighted by Gasteiger charge is 2.33. The molecule has 1 aliphatic rings. The zero-order valence-corrected chi connectivity index (χ0v) is 12.6. The van der Waals surface area contributed by atoms with E-state index in [-0.39, 0.29) is 0 Å². The van der Waals surface area contributed by atoms with Crippen LogP contribution in [0, 0.1) is 6.92 Å². The SMILES string of the molecule is CNCC1(O)CCCN(c2cc(C)nc3ccncc23)C1. The number of aromatic nitrogens is 2. The summed E-state index contributed by atoms with van der Waals surface area (Å²) in [5, 5.41) is 14.9. The van der Waals surface area contributed by atoms with Gasteiger partial charge in [0.15, 0.2) is 0 Å². The largest absolute Gasteiger partial charge is 0.387 e. The van der Waals surface area contributed by atoms with Crippen molar-refractivity contribution in [3.63, 3.8) is 0 Å². The molecule has 1 unspecified atom stereocenters. The molecule has 0 amide bonds. The van der Waals surface area contributed by atoms with Crippen molar-refractivity contribution in [2.75, 3.05) is 31.6 Å². The molecular formula is C16H22N4O. The lowest BCUT2D eigenvalue weighted by atomic mass is 9.92. The minimum Gasteiger partial charge on any atom is -0.387 e. The molecule has 0 spiro atoms. The standard InChI is InChI=1S/C16H22N4O/c1-12-8-15(13-9-18-6-4-14(13)19-12)20-7-3-5-16(21,11-20)10-17-2/h4,6,8-9,17,21H,3,5,7,10-11H2,1-2H3. The molecule has 1 atom stereocenters. The van der Waals surface area contributed by atoms with E-state index in [0.29, 0.717) is 13.1 Å². The van der Waals surface area contributed by atoms with E-state index < -0.39 is 5.60 Å². The van der Waals surface area contributed by atoms with Gasteiger partial charge in [-0.25, -0.2) is 0 Å². The molecule has 2 aromatic heterocycles. The third-order valence-electron chi connectivity index (χ3n) is 4.12. The van der Waals surface area contributed by atoms with Crippen molar-refractivity contribution in [1.82, 2.24) is 15.3 Å². The van der Waals surface area contributed by atoms with Crippen molar-refractivity contribution >= 4 is 16.6 Å². The highest BCUT2D eigenvalue weighted by Crippen LogP contribution is 2.31. The van der Waals surface area contributed by atoms with Crippen LogP contribution in [0.15, 0.2) is 24.5 Å². The molecule has 0 saturated carbocycles. The molecule has 0 aromatic carbocycles. The van der Waals surface area contributed by atoms with Gasteiger partial charge >= 0.3 is 0 Å². The average Bonchev–Trinajstić information content (AvgIpc) is 2.46. The summed E-state index contributed by atoms with van der Waals surface area (Å²) in [7, 11) is 1.88. The summed E-state index contributed by atoms with van der Waals surface area (Å²) >= 11 is 0. The summed E-state index contributed by atoms with van der Waals surface area (Å²) in [4.78, 5) is 11.1. The van der Waals surface area contributed by atoms with Crippen LogP contribution in [0.4, 0.5) is 5.69 Å². The summed E-state index contributed by atoms with van der Waals surface area (Å²) in [6.45, 7) is 4.22. The zero-order valence-electron chi connectivity index (χ0n) is 12.6. The highest BCUT2D eigenvalue weighted by atomic mass is 16.3. The number of nitrogens with zero attached hydrogens (tertiary/aromatic N) is 3. The molecular weight excluding hydrogens is 264 g/mol. The number of fused-ring (bicyclic) bond motifs is 1. The van der Waals surface area contributed by atoms with Crippen LogP contribution in [0.1, 0.15) is 18.5 Å². The van der Waals surface area contributed by atoms with E-state index in [4.69, 9.17) is 0 Å². The molecule has 5 heteroatoms. The number of aryl methyl sites for hydroxylation is 1. The summed E-state index contributed by atoms with van der Waals surface area (Å²) in [5.74, 6) is 0. The predicted octanol–water partition coefficient (Wildman–Crippen LogP) is 1.49. The highest BCUT2D eigenvalue weighted by molar-refractivity contribution is 5.91. The maximum absolute atomic E-state index is 10.7. The van der Waals surface area contributed by atoms with Crippen molar-refractivity contribution in [2.24, 2.45) is 0 Å². The van der Waals surface area contributed by atoms with Gasteiger partial charge in [0.2, 0.25) is 0 Å². The van der Waals surface area contributed by atoms with Crippen LogP contribution >= 0.6 is 0 Å². The van der Waals surface area contributed by atoms with E-state index in [9.17, 15) is 5.11 Å². The van der Waals surface area contributed by atoms with Gasteiger partial charge in [-0.15, -0.1) is 0 Å². The molecule has 2 N–H and O–H groups in total. The van der Waals surface area contributed by atoms with Gasteiger partial charge in [-0.3, -0.25) is 9.97 Å². The normalized spacial score (nSPS) is 22.7. The van der Waals surface area contributed by atoms with E-state index >= 15 is 0 Å². The Hall–Kier alpha value is -1.72. The Labute approximate surface area is 125 Å². The number of hydrogen-bond donors (Lipinski definition) is 2. The molecule has 0 aliphatic carbocycles. The molecule has 1 aliphatic heterocycles. The number of rotatable bonds is 3. The fraction of sp³-hybridized carbons (Fsp3) is 0.500. The third kappa shape index (κ3) is 2.84. The molecule has 3 heterocycles. The monoisotopic (exact) mass is 286 g/mol. The second kappa shape index (κ2) is 5.58. The maximum atomic E-state index is 10.7. The summed E-state index contributed by atoms with van der Waals surface area (Å²) in [6.07, 6.45) is 5.46. The van der Waals surface area contributed by atoms with Crippen LogP contribution in [0.25, 0.3) is 10.9 Å². The molecule has 112 valence electrons. The first-order chi connectivity index (χ1) is 10.1. The van der Waals surface area contributed by atoms with Crippen molar-refractivity contribution < 1.29 is 5.11 Å². The van der Waals surface area contributed by atoms with Gasteiger partial charge in [0.1, 0.15) is 0 Å². The van der Waals surface area contributed by atoms with Gasteiger partial charge in [0, 0.05) is 48.8 Å². The quantitative estimate of drug-likeness (QED) is 0.895. The summed E-state index contributed by atoms with van der Waals surface area (Å²) < 4.78 is 0. The second-order valence-corrected chi connectivity index (χ2v) is 5.96. The van der Waals surface area contributed by atoms with Crippen LogP contribution in [0.2, 0.25) is 0 Å². The molecule has 21 heavy (non-hydrogen) atoms. The lowest BCUT2D eigenvalue weighted by Gasteiger charge is -2.40. The van der Waals surface area contributed by atoms with Crippen LogP contribution in [0.5, 0.6) is 0 Å². The van der Waals surface area contributed by atoms with Crippen LogP contribution < -0.4 is 10.2 Å². The smallest absolute Gasteiger partial charge is 0.0945 e. The number of β-amino-alcohol motifs (C(OH)–C–C–N with tert-alkyl or cyclic N) is 1. The van der Waals surface area contributed by atoms with Gasteiger partial charge < -0.3 is 15.3 Å². The number of hydrogen-bond acceptors (Lipinski definition) is 5. The number of likely N-dealkylation sites (N-methyl/N-ethyl adjacent to an activating group) is 1. The van der Waals surface area contributed by atoms with Crippen LogP contribution in [-0.2, 0) is 0 Å². The Morgan fingerprint density at radius 1 is 1.48 bits per heavy atom. The summed E-state index contributed by atoms with van der Waals surface area (Å²) in [5.41, 5.74) is 2.41. The minimum absolute atomic E-state index is 0.615. The lowest BCUT2D eigenvalue weighted by Crippen LogP contribution is -2.53. The van der Waals surface area contributed by atoms with Crippen molar-refractivity contribution in [1.29, 1.82) is 0 Å². The number of pyridine rings is 2. The Morgan fingerprint density at radius 2 is 2.33 bits per heavy atom. The molecule has 2 aromatic rings. The topological polar surface area (TPSA) is 61.3 Å². The Kier molecular flexibility index (Phi) is 3.78. The molecule has 5 nitrogen and oxygen atoms in total. The van der Waals surface area contributed by atoms with E-state index in [2.05, 4.69) is 26.3 Å². The number of nitrogens with one attached hydrogen (secondary N) is 1. The number of anilines is 1.